The van der Waals surface area contributed by atoms with Gasteiger partial charge in [-0.2, -0.15) is 0 Å². The molecule has 6 aromatic rings. The normalized spacial score (nSPS) is 9.37. The molecule has 0 aliphatic carbocycles. The number of thiazole rings is 2. The molecule has 0 unspecified atom stereocenters. The molecule has 0 saturated heterocycles. The van der Waals surface area contributed by atoms with Crippen molar-refractivity contribution in [3.05, 3.63) is 112 Å². The van der Waals surface area contributed by atoms with Gasteiger partial charge in [0.05, 0.1) is 30.4 Å². The Morgan fingerprint density at radius 3 is 1.61 bits per heavy atom. The standard InChI is InChI=1S/C15H14N2S.C8H6BrNS.C7H9N.2C2H4O2.Pd/c1-11-16-14-10-13(8-9-15(14)18-11)17(2)12-6-4-3-5-7-12;1-5-10-7-4-6(9)2-3-8(7)11-5;1-8-7-5-3-2-4-6-7;2*1-2(3)4;/h3-10H,1-2H3;2-4H,1H3;2-6,8H,1H3;2*1H3,(H,3,4);. The number of aliphatic carboxylic acids is 2. The maximum absolute atomic E-state index is 9.00. The molecule has 0 fully saturated rings. The molecule has 3 N–H and O–H groups in total. The predicted molar refractivity (Wildman–Crippen MR) is 194 cm³/mol. The van der Waals surface area contributed by atoms with Crippen LogP contribution in [0.2, 0.25) is 0 Å². The molecule has 2 heterocycles. The molecule has 6 rings (SSSR count). The Balaban J connectivity index is 0.000000324. The Hall–Kier alpha value is -3.66. The van der Waals surface area contributed by atoms with Crippen LogP contribution >= 0.6 is 38.6 Å². The second-order valence-electron chi connectivity index (χ2n) is 9.28. The van der Waals surface area contributed by atoms with Crippen molar-refractivity contribution in [3.8, 4) is 0 Å². The van der Waals surface area contributed by atoms with Gasteiger partial charge in [-0.05, 0) is 74.5 Å². The molecule has 8 nitrogen and oxygen atoms in total. The summed E-state index contributed by atoms with van der Waals surface area (Å²) in [5, 5.41) is 20.1. The van der Waals surface area contributed by atoms with Crippen molar-refractivity contribution in [1.82, 2.24) is 9.97 Å². The van der Waals surface area contributed by atoms with Gasteiger partial charge in [-0.15, -0.1) is 22.7 Å². The van der Waals surface area contributed by atoms with Crippen LogP contribution in [-0.2, 0) is 30.0 Å². The molecule has 12 heteroatoms. The molecule has 2 aromatic heterocycles. The summed E-state index contributed by atoms with van der Waals surface area (Å²) in [6.45, 7) is 6.24. The molecule has 0 saturated carbocycles. The van der Waals surface area contributed by atoms with Gasteiger partial charge in [-0.25, -0.2) is 9.97 Å². The number of aromatic nitrogens is 2. The predicted octanol–water partition coefficient (Wildman–Crippen LogP) is 9.65. The number of benzene rings is 4. The summed E-state index contributed by atoms with van der Waals surface area (Å²) < 4.78 is 3.60. The summed E-state index contributed by atoms with van der Waals surface area (Å²) in [5.74, 6) is -1.67. The number of halogens is 1. The first kappa shape index (κ1) is 40.4. The number of carboxylic acid groups (broad SMARTS) is 2. The number of nitrogens with zero attached hydrogens (tertiary/aromatic N) is 3. The van der Waals surface area contributed by atoms with E-state index in [1.807, 2.05) is 69.4 Å². The Morgan fingerprint density at radius 2 is 1.15 bits per heavy atom. The van der Waals surface area contributed by atoms with Crippen molar-refractivity contribution in [1.29, 1.82) is 0 Å². The number of hydrogen-bond acceptors (Lipinski definition) is 8. The van der Waals surface area contributed by atoms with Crippen molar-refractivity contribution in [3.63, 3.8) is 0 Å². The number of anilines is 3. The maximum Gasteiger partial charge on any atom is 0.300 e. The second kappa shape index (κ2) is 21.2. The van der Waals surface area contributed by atoms with Gasteiger partial charge in [0.25, 0.3) is 11.9 Å². The summed E-state index contributed by atoms with van der Waals surface area (Å²) in [4.78, 5) is 29.1. The van der Waals surface area contributed by atoms with E-state index >= 15 is 0 Å². The summed E-state index contributed by atoms with van der Waals surface area (Å²) in [7, 11) is 3.99. The van der Waals surface area contributed by atoms with Crippen LogP contribution in [0.1, 0.15) is 23.9 Å². The van der Waals surface area contributed by atoms with Crippen molar-refractivity contribution in [2.45, 2.75) is 27.7 Å². The van der Waals surface area contributed by atoms with Crippen LogP contribution in [0.25, 0.3) is 20.4 Å². The van der Waals surface area contributed by atoms with Crippen LogP contribution < -0.4 is 10.2 Å². The zero-order valence-electron chi connectivity index (χ0n) is 26.3. The van der Waals surface area contributed by atoms with Gasteiger partial charge in [-0.3, -0.25) is 9.59 Å². The van der Waals surface area contributed by atoms with Gasteiger partial charge in [0, 0.05) is 69.9 Å². The number of nitrogens with one attached hydrogen (secondary N) is 1. The van der Waals surface area contributed by atoms with E-state index in [2.05, 4.69) is 91.7 Å². The van der Waals surface area contributed by atoms with Crippen LogP contribution in [0.3, 0.4) is 0 Å². The molecule has 0 radical (unpaired) electrons. The molecule has 0 aliphatic rings. The second-order valence-corrected chi connectivity index (χ2v) is 12.7. The fourth-order valence-electron chi connectivity index (χ4n) is 3.66. The van der Waals surface area contributed by atoms with Gasteiger partial charge in [-0.1, -0.05) is 52.3 Å². The van der Waals surface area contributed by atoms with Crippen LogP contribution in [0.15, 0.2) is 102 Å². The van der Waals surface area contributed by atoms with E-state index in [0.717, 1.165) is 45.1 Å². The minimum Gasteiger partial charge on any atom is -0.481 e. The zero-order valence-corrected chi connectivity index (χ0v) is 31.1. The van der Waals surface area contributed by atoms with Crippen molar-refractivity contribution in [2.24, 2.45) is 0 Å². The third-order valence-electron chi connectivity index (χ3n) is 5.53. The average Bonchev–Trinajstić information content (AvgIpc) is 3.57. The van der Waals surface area contributed by atoms with Gasteiger partial charge in [0.1, 0.15) is 0 Å². The van der Waals surface area contributed by atoms with E-state index in [-0.39, 0.29) is 20.4 Å². The third-order valence-corrected chi connectivity index (χ3v) is 7.92. The monoisotopic (exact) mass is 814 g/mol. The first-order valence-corrected chi connectivity index (χ1v) is 16.1. The average molecular weight is 816 g/mol. The first-order valence-electron chi connectivity index (χ1n) is 13.7. The fraction of sp³-hybridized carbons (Fsp3) is 0.176. The Labute approximate surface area is 299 Å². The molecule has 246 valence electrons. The Kier molecular flexibility index (Phi) is 18.6. The minimum atomic E-state index is -0.833. The molecule has 0 bridgehead atoms. The van der Waals surface area contributed by atoms with E-state index < -0.39 is 11.9 Å². The van der Waals surface area contributed by atoms with E-state index in [9.17, 15) is 0 Å². The molecule has 0 atom stereocenters. The van der Waals surface area contributed by atoms with Crippen molar-refractivity contribution in [2.75, 3.05) is 24.3 Å². The molecule has 0 spiro atoms. The van der Waals surface area contributed by atoms with E-state index in [4.69, 9.17) is 19.8 Å². The van der Waals surface area contributed by atoms with Crippen molar-refractivity contribution < 1.29 is 40.2 Å². The van der Waals surface area contributed by atoms with Crippen LogP contribution in [0, 0.1) is 13.8 Å². The van der Waals surface area contributed by atoms with Gasteiger partial charge in [0.2, 0.25) is 0 Å². The number of carboxylic acids is 2. The SMILES string of the molecule is CC(=O)O.CC(=O)O.CNc1ccccc1.Cc1nc2cc(Br)ccc2s1.Cc1nc2cc(N(C)c3ccccc3)ccc2s1.[Pd]. The molecule has 4 aromatic carbocycles. The van der Waals surface area contributed by atoms with E-state index in [1.165, 1.54) is 20.8 Å². The van der Waals surface area contributed by atoms with Crippen molar-refractivity contribution >= 4 is 88.0 Å². The van der Waals surface area contributed by atoms with Gasteiger partial charge in [0.15, 0.2) is 0 Å². The largest absolute Gasteiger partial charge is 0.481 e. The number of carbonyl (C=O) groups is 2. The summed E-state index contributed by atoms with van der Waals surface area (Å²) in [6.07, 6.45) is 0. The molecule has 0 amide bonds. The smallest absolute Gasteiger partial charge is 0.300 e. The molecule has 46 heavy (non-hydrogen) atoms. The number of hydrogen-bond donors (Lipinski definition) is 3. The van der Waals surface area contributed by atoms with Crippen LogP contribution in [0.5, 0.6) is 0 Å². The maximum atomic E-state index is 9.00. The fourth-order valence-corrected chi connectivity index (χ4v) is 5.62. The molecular formula is C34H37BrN4O4PdS2. The number of para-hydroxylation sites is 2. The number of aryl methyl sites for hydroxylation is 2. The number of fused-ring (bicyclic) bond motifs is 2. The van der Waals surface area contributed by atoms with Crippen LogP contribution in [-0.4, -0.2) is 46.2 Å². The van der Waals surface area contributed by atoms with Gasteiger partial charge >= 0.3 is 0 Å². The topological polar surface area (TPSA) is 116 Å². The number of rotatable bonds is 3. The molecule has 0 aliphatic heterocycles. The summed E-state index contributed by atoms with van der Waals surface area (Å²) >= 11 is 6.87. The first-order chi connectivity index (χ1) is 21.4. The van der Waals surface area contributed by atoms with Gasteiger partial charge < -0.3 is 20.4 Å². The Bertz CT molecular complexity index is 1760. The quantitative estimate of drug-likeness (QED) is 0.151. The summed E-state index contributed by atoms with van der Waals surface area (Å²) in [6, 6.07) is 33.0. The van der Waals surface area contributed by atoms with E-state index in [0.29, 0.717) is 0 Å². The Morgan fingerprint density at radius 1 is 0.717 bits per heavy atom. The molecular weight excluding hydrogens is 779 g/mol. The van der Waals surface area contributed by atoms with E-state index in [1.54, 1.807) is 22.7 Å². The zero-order chi connectivity index (χ0) is 33.4. The third kappa shape index (κ3) is 15.1. The summed E-state index contributed by atoms with van der Waals surface area (Å²) in [5.41, 5.74) is 5.68. The van der Waals surface area contributed by atoms with Crippen LogP contribution in [0.4, 0.5) is 17.1 Å². The minimum absolute atomic E-state index is 0.